The molecule has 0 radical (unpaired) electrons. The summed E-state index contributed by atoms with van der Waals surface area (Å²) in [6.45, 7) is 6.04. The fraction of sp³-hybridized carbons (Fsp3) is 0.263. The summed E-state index contributed by atoms with van der Waals surface area (Å²) in [5.41, 5.74) is 4.34. The van der Waals surface area contributed by atoms with E-state index >= 15 is 0 Å². The molecule has 0 spiro atoms. The van der Waals surface area contributed by atoms with Gasteiger partial charge in [0.1, 0.15) is 0 Å². The number of carbonyl (C=O) groups is 2. The molecule has 0 aliphatic carbocycles. The van der Waals surface area contributed by atoms with Crippen LogP contribution in [0, 0.1) is 13.8 Å². The number of rotatable bonds is 5. The average molecular weight is 311 g/mol. The molecular weight excluding hydrogens is 290 g/mol. The lowest BCUT2D eigenvalue weighted by Crippen LogP contribution is -2.28. The molecule has 4 nitrogen and oxygen atoms in total. The highest BCUT2D eigenvalue weighted by Crippen LogP contribution is 2.20. The van der Waals surface area contributed by atoms with Crippen LogP contribution in [0.5, 0.6) is 0 Å². The molecule has 0 heterocycles. The summed E-state index contributed by atoms with van der Waals surface area (Å²) in [4.78, 5) is 23.2. The Hall–Kier alpha value is -2.62. The van der Waals surface area contributed by atoms with E-state index < -0.39 is 5.97 Å². The topological polar surface area (TPSA) is 66.4 Å². The van der Waals surface area contributed by atoms with E-state index in [0.29, 0.717) is 5.56 Å². The van der Waals surface area contributed by atoms with Gasteiger partial charge in [0, 0.05) is 0 Å². The first-order chi connectivity index (χ1) is 10.9. The number of carboxylic acid groups (broad SMARTS) is 1. The molecule has 0 fully saturated rings. The number of benzene rings is 2. The zero-order chi connectivity index (χ0) is 17.0. The van der Waals surface area contributed by atoms with Crippen LogP contribution in [0.25, 0.3) is 0 Å². The first kappa shape index (κ1) is 16.7. The first-order valence-corrected chi connectivity index (χ1v) is 7.56. The van der Waals surface area contributed by atoms with Crippen LogP contribution in [-0.2, 0) is 11.2 Å². The predicted octanol–water partition coefficient (Wildman–Crippen LogP) is 3.42. The minimum absolute atomic E-state index is 0.0925. The van der Waals surface area contributed by atoms with E-state index in [1.807, 2.05) is 39.0 Å². The van der Waals surface area contributed by atoms with Gasteiger partial charge in [-0.3, -0.25) is 4.79 Å². The molecule has 23 heavy (non-hydrogen) atoms. The zero-order valence-electron chi connectivity index (χ0n) is 13.6. The van der Waals surface area contributed by atoms with Crippen molar-refractivity contribution in [2.24, 2.45) is 0 Å². The van der Waals surface area contributed by atoms with Crippen molar-refractivity contribution >= 4 is 11.9 Å². The van der Waals surface area contributed by atoms with Crippen LogP contribution < -0.4 is 5.32 Å². The third-order valence-corrected chi connectivity index (χ3v) is 4.03. The lowest BCUT2D eigenvalue weighted by Gasteiger charge is -2.18. The van der Waals surface area contributed by atoms with Gasteiger partial charge in [-0.25, -0.2) is 4.79 Å². The number of hydrogen-bond donors (Lipinski definition) is 2. The minimum Gasteiger partial charge on any atom is -0.478 e. The minimum atomic E-state index is -0.990. The summed E-state index contributed by atoms with van der Waals surface area (Å²) in [5.74, 6) is -1.11. The molecule has 0 bridgehead atoms. The molecule has 4 heteroatoms. The van der Waals surface area contributed by atoms with Crippen LogP contribution in [0.15, 0.2) is 42.5 Å². The Balaban J connectivity index is 2.06. The molecule has 2 aromatic rings. The molecule has 1 amide bonds. The molecule has 0 saturated carbocycles. The molecule has 0 aliphatic heterocycles. The van der Waals surface area contributed by atoms with Gasteiger partial charge in [-0.2, -0.15) is 0 Å². The summed E-state index contributed by atoms with van der Waals surface area (Å²) in [6, 6.07) is 12.4. The fourth-order valence-electron chi connectivity index (χ4n) is 2.61. The molecule has 2 rings (SSSR count). The highest BCUT2D eigenvalue weighted by Gasteiger charge is 2.13. The van der Waals surface area contributed by atoms with Crippen LogP contribution in [0.1, 0.15) is 45.6 Å². The van der Waals surface area contributed by atoms with E-state index in [9.17, 15) is 9.59 Å². The van der Waals surface area contributed by atoms with Gasteiger partial charge in [0.05, 0.1) is 18.0 Å². The van der Waals surface area contributed by atoms with Gasteiger partial charge in [-0.05, 0) is 55.2 Å². The van der Waals surface area contributed by atoms with Gasteiger partial charge in [0.25, 0.3) is 0 Å². The first-order valence-electron chi connectivity index (χ1n) is 7.56. The summed E-state index contributed by atoms with van der Waals surface area (Å²) in [6.07, 6.45) is 0.163. The van der Waals surface area contributed by atoms with Crippen molar-refractivity contribution in [1.29, 1.82) is 0 Å². The van der Waals surface area contributed by atoms with Gasteiger partial charge in [-0.1, -0.05) is 30.3 Å². The average Bonchev–Trinajstić information content (AvgIpc) is 2.50. The van der Waals surface area contributed by atoms with Gasteiger partial charge in [0.15, 0.2) is 0 Å². The largest absolute Gasteiger partial charge is 0.478 e. The van der Waals surface area contributed by atoms with Crippen LogP contribution in [0.4, 0.5) is 0 Å². The van der Waals surface area contributed by atoms with Crippen molar-refractivity contribution in [1.82, 2.24) is 5.32 Å². The SMILES string of the molecule is Cc1cccc(C(C)NC(=O)Cc2cccc(C(=O)O)c2)c1C. The monoisotopic (exact) mass is 311 g/mol. The molecule has 0 aliphatic rings. The van der Waals surface area contributed by atoms with E-state index in [0.717, 1.165) is 5.56 Å². The molecular formula is C19H21NO3. The Morgan fingerprint density at radius 1 is 1.13 bits per heavy atom. The maximum atomic E-state index is 12.2. The van der Waals surface area contributed by atoms with Gasteiger partial charge in [-0.15, -0.1) is 0 Å². The second kappa shape index (κ2) is 7.09. The summed E-state index contributed by atoms with van der Waals surface area (Å²) in [5, 5.41) is 12.0. The quantitative estimate of drug-likeness (QED) is 0.889. The number of hydrogen-bond acceptors (Lipinski definition) is 2. The lowest BCUT2D eigenvalue weighted by atomic mass is 9.98. The predicted molar refractivity (Wildman–Crippen MR) is 89.6 cm³/mol. The Morgan fingerprint density at radius 3 is 2.52 bits per heavy atom. The Morgan fingerprint density at radius 2 is 1.83 bits per heavy atom. The Kier molecular flexibility index (Phi) is 5.16. The van der Waals surface area contributed by atoms with E-state index in [1.54, 1.807) is 12.1 Å². The maximum Gasteiger partial charge on any atom is 0.335 e. The molecule has 0 aromatic heterocycles. The number of aromatic carboxylic acids is 1. The number of carbonyl (C=O) groups excluding carboxylic acids is 1. The standard InChI is InChI=1S/C19H21NO3/c1-12-6-4-9-17(13(12)2)14(3)20-18(21)11-15-7-5-8-16(10-15)19(22)23/h4-10,14H,11H2,1-3H3,(H,20,21)(H,22,23). The highest BCUT2D eigenvalue weighted by molar-refractivity contribution is 5.88. The smallest absolute Gasteiger partial charge is 0.335 e. The molecule has 1 unspecified atom stereocenters. The van der Waals surface area contributed by atoms with Crippen molar-refractivity contribution in [3.8, 4) is 0 Å². The number of aryl methyl sites for hydroxylation is 1. The highest BCUT2D eigenvalue weighted by atomic mass is 16.4. The summed E-state index contributed by atoms with van der Waals surface area (Å²) >= 11 is 0. The van der Waals surface area contributed by atoms with Gasteiger partial charge < -0.3 is 10.4 Å². The van der Waals surface area contributed by atoms with Crippen molar-refractivity contribution in [2.75, 3.05) is 0 Å². The van der Waals surface area contributed by atoms with Gasteiger partial charge >= 0.3 is 5.97 Å². The van der Waals surface area contributed by atoms with Crippen LogP contribution in [0.3, 0.4) is 0 Å². The second-order valence-corrected chi connectivity index (χ2v) is 5.76. The summed E-state index contributed by atoms with van der Waals surface area (Å²) < 4.78 is 0. The van der Waals surface area contributed by atoms with E-state index in [2.05, 4.69) is 5.32 Å². The number of amides is 1. The van der Waals surface area contributed by atoms with E-state index in [-0.39, 0.29) is 23.9 Å². The summed E-state index contributed by atoms with van der Waals surface area (Å²) in [7, 11) is 0. The molecule has 2 aromatic carbocycles. The van der Waals surface area contributed by atoms with Crippen molar-refractivity contribution in [3.05, 3.63) is 70.3 Å². The fourth-order valence-corrected chi connectivity index (χ4v) is 2.61. The maximum absolute atomic E-state index is 12.2. The number of nitrogens with one attached hydrogen (secondary N) is 1. The lowest BCUT2D eigenvalue weighted by molar-refractivity contribution is -0.121. The van der Waals surface area contributed by atoms with Crippen LogP contribution in [-0.4, -0.2) is 17.0 Å². The Labute approximate surface area is 136 Å². The van der Waals surface area contributed by atoms with Crippen LogP contribution >= 0.6 is 0 Å². The van der Waals surface area contributed by atoms with E-state index in [1.165, 1.54) is 23.3 Å². The van der Waals surface area contributed by atoms with Crippen molar-refractivity contribution in [3.63, 3.8) is 0 Å². The second-order valence-electron chi connectivity index (χ2n) is 5.76. The normalized spacial score (nSPS) is 11.8. The number of carboxylic acids is 1. The molecule has 0 saturated heterocycles. The molecule has 2 N–H and O–H groups in total. The zero-order valence-corrected chi connectivity index (χ0v) is 13.6. The van der Waals surface area contributed by atoms with Crippen LogP contribution in [0.2, 0.25) is 0 Å². The molecule has 1 atom stereocenters. The third-order valence-electron chi connectivity index (χ3n) is 4.03. The third kappa shape index (κ3) is 4.19. The van der Waals surface area contributed by atoms with E-state index in [4.69, 9.17) is 5.11 Å². The Bertz CT molecular complexity index is 737. The van der Waals surface area contributed by atoms with Crippen molar-refractivity contribution < 1.29 is 14.7 Å². The van der Waals surface area contributed by atoms with Gasteiger partial charge in [0.2, 0.25) is 5.91 Å². The van der Waals surface area contributed by atoms with Crippen molar-refractivity contribution in [2.45, 2.75) is 33.2 Å². The molecule has 120 valence electrons.